The van der Waals surface area contributed by atoms with Crippen molar-refractivity contribution in [3.63, 3.8) is 0 Å². The monoisotopic (exact) mass is 150 g/mol. The predicted molar refractivity (Wildman–Crippen MR) is 44.2 cm³/mol. The van der Waals surface area contributed by atoms with E-state index < -0.39 is 0 Å². The lowest BCUT2D eigenvalue weighted by atomic mass is 10.1. The molecule has 0 aromatic heterocycles. The fourth-order valence-corrected chi connectivity index (χ4v) is 0.963. The molecule has 0 aliphatic carbocycles. The number of hydrazone groups is 1. The highest BCUT2D eigenvalue weighted by molar-refractivity contribution is 6.23. The second kappa shape index (κ2) is 2.70. The van der Waals surface area contributed by atoms with Crippen LogP contribution in [0.25, 0.3) is 0 Å². The van der Waals surface area contributed by atoms with Gasteiger partial charge in [0.15, 0.2) is 0 Å². The molecule has 0 N–H and O–H groups in total. The van der Waals surface area contributed by atoms with Gasteiger partial charge in [0.2, 0.25) is 0 Å². The van der Waals surface area contributed by atoms with E-state index >= 15 is 0 Å². The van der Waals surface area contributed by atoms with Gasteiger partial charge in [-0.1, -0.05) is 12.7 Å². The van der Waals surface area contributed by atoms with E-state index in [9.17, 15) is 4.79 Å². The van der Waals surface area contributed by atoms with E-state index in [0.717, 1.165) is 5.71 Å². The minimum atomic E-state index is -0.0672. The van der Waals surface area contributed by atoms with Crippen LogP contribution in [0.1, 0.15) is 6.92 Å². The van der Waals surface area contributed by atoms with E-state index in [4.69, 9.17) is 0 Å². The molecule has 1 heterocycles. The van der Waals surface area contributed by atoms with Crippen molar-refractivity contribution in [1.82, 2.24) is 5.01 Å². The quantitative estimate of drug-likeness (QED) is 0.512. The highest BCUT2D eigenvalue weighted by Gasteiger charge is 2.22. The third kappa shape index (κ3) is 1.22. The number of carbonyl (C=O) groups is 1. The summed E-state index contributed by atoms with van der Waals surface area (Å²) in [6, 6.07) is 0. The van der Waals surface area contributed by atoms with Crippen molar-refractivity contribution in [1.29, 1.82) is 0 Å². The number of likely N-dealkylation sites (N-methyl/N-ethyl adjacent to an activating group) is 1. The van der Waals surface area contributed by atoms with Crippen LogP contribution in [-0.4, -0.2) is 23.7 Å². The van der Waals surface area contributed by atoms with Gasteiger partial charge >= 0.3 is 0 Å². The number of rotatable bonds is 1. The number of amides is 1. The molecule has 0 fully saturated rings. The Morgan fingerprint density at radius 2 is 2.27 bits per heavy atom. The molecular weight excluding hydrogens is 140 g/mol. The molecule has 3 nitrogen and oxygen atoms in total. The van der Waals surface area contributed by atoms with Crippen molar-refractivity contribution >= 4 is 11.6 Å². The van der Waals surface area contributed by atoms with Crippen LogP contribution in [0, 0.1) is 0 Å². The van der Waals surface area contributed by atoms with Gasteiger partial charge in [-0.05, 0) is 13.0 Å². The molecule has 0 aromatic rings. The summed E-state index contributed by atoms with van der Waals surface area (Å²) in [5, 5.41) is 5.28. The van der Waals surface area contributed by atoms with Gasteiger partial charge in [0.05, 0.1) is 11.3 Å². The van der Waals surface area contributed by atoms with Gasteiger partial charge in [-0.2, -0.15) is 5.10 Å². The summed E-state index contributed by atoms with van der Waals surface area (Å²) >= 11 is 0. The van der Waals surface area contributed by atoms with Gasteiger partial charge in [0.25, 0.3) is 5.91 Å². The van der Waals surface area contributed by atoms with E-state index in [1.165, 1.54) is 5.01 Å². The Kier molecular flexibility index (Phi) is 1.89. The van der Waals surface area contributed by atoms with Crippen molar-refractivity contribution in [2.45, 2.75) is 6.92 Å². The van der Waals surface area contributed by atoms with Crippen molar-refractivity contribution in [3.8, 4) is 0 Å². The first-order chi connectivity index (χ1) is 5.16. The molecule has 3 heteroatoms. The second-order valence-electron chi connectivity index (χ2n) is 2.33. The number of nitrogens with zero attached hydrogens (tertiary/aromatic N) is 2. The molecule has 0 radical (unpaired) electrons. The third-order valence-corrected chi connectivity index (χ3v) is 1.50. The molecule has 1 rings (SSSR count). The Bertz CT molecular complexity index is 263. The maximum Gasteiger partial charge on any atom is 0.275 e. The van der Waals surface area contributed by atoms with Crippen molar-refractivity contribution in [3.05, 3.63) is 24.3 Å². The molecule has 0 bridgehead atoms. The van der Waals surface area contributed by atoms with Crippen molar-refractivity contribution < 1.29 is 4.79 Å². The van der Waals surface area contributed by atoms with Gasteiger partial charge in [-0.25, -0.2) is 5.01 Å². The Balaban J connectivity index is 3.01. The molecule has 1 aliphatic rings. The maximum absolute atomic E-state index is 11.2. The van der Waals surface area contributed by atoms with Crippen LogP contribution in [0.5, 0.6) is 0 Å². The lowest BCUT2D eigenvalue weighted by Gasteiger charge is -2.00. The van der Waals surface area contributed by atoms with Gasteiger partial charge in [-0.15, -0.1) is 0 Å². The lowest BCUT2D eigenvalue weighted by molar-refractivity contribution is -0.124. The summed E-state index contributed by atoms with van der Waals surface area (Å²) in [5.74, 6) is -0.0672. The number of allylic oxidation sites excluding steroid dienone is 2. The molecule has 0 unspecified atom stereocenters. The minimum Gasteiger partial charge on any atom is -0.267 e. The Morgan fingerprint density at radius 3 is 2.64 bits per heavy atom. The number of hydrogen-bond acceptors (Lipinski definition) is 2. The van der Waals surface area contributed by atoms with Crippen LogP contribution in [-0.2, 0) is 4.79 Å². The van der Waals surface area contributed by atoms with E-state index in [1.54, 1.807) is 26.1 Å². The summed E-state index contributed by atoms with van der Waals surface area (Å²) in [6.07, 6.45) is 3.26. The summed E-state index contributed by atoms with van der Waals surface area (Å²) < 4.78 is 0. The molecule has 0 aromatic carbocycles. The van der Waals surface area contributed by atoms with Crippen LogP contribution < -0.4 is 0 Å². The summed E-state index contributed by atoms with van der Waals surface area (Å²) in [6.45, 7) is 5.32. The van der Waals surface area contributed by atoms with E-state index in [-0.39, 0.29) is 5.91 Å². The van der Waals surface area contributed by atoms with E-state index in [1.807, 2.05) is 0 Å². The Morgan fingerprint density at radius 1 is 1.64 bits per heavy atom. The maximum atomic E-state index is 11.2. The molecule has 0 atom stereocenters. The normalized spacial score (nSPS) is 20.9. The first-order valence-corrected chi connectivity index (χ1v) is 3.33. The molecular formula is C8H10N2O. The van der Waals surface area contributed by atoms with Crippen LogP contribution in [0.4, 0.5) is 0 Å². The standard InChI is InChI=1S/C8H10N2O/c1-4-5-7-6(2)9-10(3)8(7)11/h4-5H,1H2,2-3H3. The van der Waals surface area contributed by atoms with Gasteiger partial charge < -0.3 is 0 Å². The average molecular weight is 150 g/mol. The summed E-state index contributed by atoms with van der Waals surface area (Å²) in [5.41, 5.74) is 1.37. The van der Waals surface area contributed by atoms with Crippen LogP contribution in [0.2, 0.25) is 0 Å². The zero-order chi connectivity index (χ0) is 8.43. The zero-order valence-corrected chi connectivity index (χ0v) is 6.66. The highest BCUT2D eigenvalue weighted by atomic mass is 16.2. The van der Waals surface area contributed by atoms with Gasteiger partial charge in [-0.3, -0.25) is 4.79 Å². The third-order valence-electron chi connectivity index (χ3n) is 1.50. The molecule has 1 aliphatic heterocycles. The summed E-state index contributed by atoms with van der Waals surface area (Å²) in [7, 11) is 1.63. The molecule has 0 spiro atoms. The Labute approximate surface area is 65.7 Å². The van der Waals surface area contributed by atoms with Gasteiger partial charge in [0, 0.05) is 7.05 Å². The topological polar surface area (TPSA) is 32.7 Å². The van der Waals surface area contributed by atoms with Crippen molar-refractivity contribution in [2.75, 3.05) is 7.05 Å². The molecule has 11 heavy (non-hydrogen) atoms. The number of hydrogen-bond donors (Lipinski definition) is 0. The van der Waals surface area contributed by atoms with Crippen LogP contribution in [0.15, 0.2) is 29.4 Å². The van der Waals surface area contributed by atoms with E-state index in [2.05, 4.69) is 11.7 Å². The van der Waals surface area contributed by atoms with E-state index in [0.29, 0.717) is 5.57 Å². The summed E-state index contributed by atoms with van der Waals surface area (Å²) in [4.78, 5) is 11.2. The first-order valence-electron chi connectivity index (χ1n) is 3.33. The minimum absolute atomic E-state index is 0.0672. The molecule has 58 valence electrons. The fraction of sp³-hybridized carbons (Fsp3) is 0.250. The van der Waals surface area contributed by atoms with Gasteiger partial charge in [0.1, 0.15) is 0 Å². The molecule has 1 amide bonds. The fourth-order valence-electron chi connectivity index (χ4n) is 0.963. The van der Waals surface area contributed by atoms with Crippen LogP contribution >= 0.6 is 0 Å². The molecule has 0 saturated heterocycles. The van der Waals surface area contributed by atoms with Crippen LogP contribution in [0.3, 0.4) is 0 Å². The first kappa shape index (κ1) is 7.72. The smallest absolute Gasteiger partial charge is 0.267 e. The Hall–Kier alpha value is -1.38. The zero-order valence-electron chi connectivity index (χ0n) is 6.66. The van der Waals surface area contributed by atoms with Crippen molar-refractivity contribution in [2.24, 2.45) is 5.10 Å². The highest BCUT2D eigenvalue weighted by Crippen LogP contribution is 2.11. The largest absolute Gasteiger partial charge is 0.275 e. The average Bonchev–Trinajstić information content (AvgIpc) is 2.17. The second-order valence-corrected chi connectivity index (χ2v) is 2.33. The SMILES string of the molecule is C=CC=C1C(=O)N(C)N=C1C. The number of carbonyl (C=O) groups excluding carboxylic acids is 1. The molecule has 0 saturated carbocycles. The lowest BCUT2D eigenvalue weighted by Crippen LogP contribution is -2.16. The predicted octanol–water partition coefficient (Wildman–Crippen LogP) is 0.947.